The highest BCUT2D eigenvalue weighted by Gasteiger charge is 2.34. The van der Waals surface area contributed by atoms with E-state index in [-0.39, 0.29) is 11.6 Å². The van der Waals surface area contributed by atoms with E-state index in [2.05, 4.69) is 5.32 Å². The van der Waals surface area contributed by atoms with Crippen molar-refractivity contribution in [3.8, 4) is 0 Å². The van der Waals surface area contributed by atoms with Crippen molar-refractivity contribution in [1.29, 1.82) is 0 Å². The molecular formula is C10H18N2O2. The smallest absolute Gasteiger partial charge is 0.324 e. The molecule has 1 rings (SSSR count). The predicted molar refractivity (Wildman–Crippen MR) is 54.5 cm³/mol. The Morgan fingerprint density at radius 1 is 1.36 bits per heavy atom. The zero-order chi connectivity index (χ0) is 11.1. The van der Waals surface area contributed by atoms with Gasteiger partial charge >= 0.3 is 6.03 Å². The van der Waals surface area contributed by atoms with Crippen LogP contribution in [0.5, 0.6) is 0 Å². The second kappa shape index (κ2) is 3.28. The van der Waals surface area contributed by atoms with E-state index in [4.69, 9.17) is 0 Å². The van der Waals surface area contributed by atoms with Gasteiger partial charge in [0.25, 0.3) is 0 Å². The number of hydrogen-bond acceptors (Lipinski definition) is 2. The molecule has 80 valence electrons. The predicted octanol–water partition coefficient (Wildman–Crippen LogP) is 1.42. The summed E-state index contributed by atoms with van der Waals surface area (Å²) in [5.41, 5.74) is 1.35. The van der Waals surface area contributed by atoms with Crippen molar-refractivity contribution in [3.05, 3.63) is 11.3 Å². The van der Waals surface area contributed by atoms with Crippen LogP contribution >= 0.6 is 0 Å². The summed E-state index contributed by atoms with van der Waals surface area (Å²) in [5, 5.41) is 12.0. The van der Waals surface area contributed by atoms with Crippen LogP contribution in [-0.4, -0.2) is 27.8 Å². The first-order chi connectivity index (χ1) is 6.25. The first-order valence-corrected chi connectivity index (χ1v) is 4.71. The average Bonchev–Trinajstić information content (AvgIpc) is 1.97. The molecule has 2 N–H and O–H groups in total. The van der Waals surface area contributed by atoms with Gasteiger partial charge in [0.1, 0.15) is 0 Å². The molecule has 0 saturated heterocycles. The van der Waals surface area contributed by atoms with Crippen molar-refractivity contribution >= 4 is 6.03 Å². The van der Waals surface area contributed by atoms with Gasteiger partial charge in [0, 0.05) is 11.2 Å². The van der Waals surface area contributed by atoms with Crippen molar-refractivity contribution in [2.75, 3.05) is 0 Å². The van der Waals surface area contributed by atoms with E-state index < -0.39 is 6.23 Å². The largest absolute Gasteiger partial charge is 0.370 e. The van der Waals surface area contributed by atoms with Crippen LogP contribution in [0, 0.1) is 0 Å². The third-order valence-corrected chi connectivity index (χ3v) is 2.45. The summed E-state index contributed by atoms with van der Waals surface area (Å²) in [5.74, 6) is 0. The molecule has 1 atom stereocenters. The molecule has 0 fully saturated rings. The molecule has 14 heavy (non-hydrogen) atoms. The van der Waals surface area contributed by atoms with Crippen LogP contribution in [0.4, 0.5) is 4.79 Å². The topological polar surface area (TPSA) is 52.6 Å². The quantitative estimate of drug-likeness (QED) is 0.618. The summed E-state index contributed by atoms with van der Waals surface area (Å²) in [6, 6.07) is -0.242. The van der Waals surface area contributed by atoms with Gasteiger partial charge in [-0.05, 0) is 40.2 Å². The number of carbonyl (C=O) groups is 1. The summed E-state index contributed by atoms with van der Waals surface area (Å²) in [6.45, 7) is 9.55. The molecule has 1 aliphatic rings. The highest BCUT2D eigenvalue weighted by atomic mass is 16.3. The molecule has 1 unspecified atom stereocenters. The van der Waals surface area contributed by atoms with Gasteiger partial charge in [-0.2, -0.15) is 0 Å². The fourth-order valence-corrected chi connectivity index (χ4v) is 1.62. The van der Waals surface area contributed by atoms with Crippen LogP contribution in [0.3, 0.4) is 0 Å². The van der Waals surface area contributed by atoms with Gasteiger partial charge in [-0.15, -0.1) is 0 Å². The Morgan fingerprint density at radius 3 is 2.29 bits per heavy atom. The Morgan fingerprint density at radius 2 is 1.86 bits per heavy atom. The summed E-state index contributed by atoms with van der Waals surface area (Å²) < 4.78 is 0. The number of urea groups is 1. The summed E-state index contributed by atoms with van der Waals surface area (Å²) >= 11 is 0. The summed E-state index contributed by atoms with van der Waals surface area (Å²) in [6.07, 6.45) is -0.846. The second-order valence-electron chi connectivity index (χ2n) is 4.63. The van der Waals surface area contributed by atoms with Crippen molar-refractivity contribution in [1.82, 2.24) is 10.2 Å². The van der Waals surface area contributed by atoms with Crippen LogP contribution in [0.1, 0.15) is 34.6 Å². The zero-order valence-corrected chi connectivity index (χ0v) is 9.38. The molecular weight excluding hydrogens is 180 g/mol. The van der Waals surface area contributed by atoms with Crippen LogP contribution in [0.15, 0.2) is 11.3 Å². The van der Waals surface area contributed by atoms with Gasteiger partial charge in [0.2, 0.25) is 0 Å². The minimum absolute atomic E-state index is 0.242. The highest BCUT2D eigenvalue weighted by molar-refractivity contribution is 5.79. The Bertz CT molecular complexity index is 289. The monoisotopic (exact) mass is 198 g/mol. The van der Waals surface area contributed by atoms with E-state index in [9.17, 15) is 9.90 Å². The molecule has 0 radical (unpaired) electrons. The lowest BCUT2D eigenvalue weighted by molar-refractivity contribution is 0.113. The second-order valence-corrected chi connectivity index (χ2v) is 4.63. The molecule has 0 aromatic rings. The number of nitrogens with one attached hydrogen (secondary N) is 1. The lowest BCUT2D eigenvalue weighted by Gasteiger charge is -2.41. The average molecular weight is 198 g/mol. The molecule has 1 heterocycles. The Labute approximate surface area is 84.6 Å². The molecule has 0 spiro atoms. The van der Waals surface area contributed by atoms with E-state index in [1.807, 2.05) is 34.6 Å². The van der Waals surface area contributed by atoms with Crippen LogP contribution in [0.25, 0.3) is 0 Å². The Balaban J connectivity index is 3.13. The standard InChI is InChI=1S/C10H18N2O2/c1-6-7(2)12(10(3,4)5)9(14)11-8(6)13/h8,13H,1-5H3,(H,11,14). The number of aliphatic hydroxyl groups excluding tert-OH is 1. The number of allylic oxidation sites excluding steroid dienone is 1. The molecule has 0 aromatic heterocycles. The van der Waals surface area contributed by atoms with E-state index in [1.54, 1.807) is 4.90 Å². The number of carbonyl (C=O) groups excluding carboxylic acids is 1. The van der Waals surface area contributed by atoms with Crippen molar-refractivity contribution in [3.63, 3.8) is 0 Å². The SMILES string of the molecule is CC1=C(C)N(C(C)(C)C)C(=O)NC1O. The maximum absolute atomic E-state index is 11.6. The normalized spacial score (nSPS) is 24.0. The van der Waals surface area contributed by atoms with Gasteiger partial charge in [0.05, 0.1) is 0 Å². The number of rotatable bonds is 0. The zero-order valence-electron chi connectivity index (χ0n) is 9.38. The molecule has 0 aromatic carbocycles. The van der Waals surface area contributed by atoms with Crippen LogP contribution in [0.2, 0.25) is 0 Å². The van der Waals surface area contributed by atoms with Gasteiger partial charge in [-0.3, -0.25) is 4.90 Å². The van der Waals surface area contributed by atoms with Gasteiger partial charge in [0.15, 0.2) is 6.23 Å². The van der Waals surface area contributed by atoms with Crippen LogP contribution in [-0.2, 0) is 0 Å². The lowest BCUT2D eigenvalue weighted by atomic mass is 10.0. The first-order valence-electron chi connectivity index (χ1n) is 4.71. The van der Waals surface area contributed by atoms with Gasteiger partial charge < -0.3 is 10.4 Å². The first kappa shape index (κ1) is 11.0. The lowest BCUT2D eigenvalue weighted by Crippen LogP contribution is -2.56. The van der Waals surface area contributed by atoms with Crippen molar-refractivity contribution in [2.24, 2.45) is 0 Å². The number of amides is 2. The molecule has 2 amide bonds. The minimum atomic E-state index is -0.846. The van der Waals surface area contributed by atoms with E-state index in [1.165, 1.54) is 0 Å². The Hall–Kier alpha value is -1.03. The minimum Gasteiger partial charge on any atom is -0.370 e. The third-order valence-electron chi connectivity index (χ3n) is 2.45. The van der Waals surface area contributed by atoms with Gasteiger partial charge in [-0.25, -0.2) is 4.79 Å². The highest BCUT2D eigenvalue weighted by Crippen LogP contribution is 2.25. The van der Waals surface area contributed by atoms with E-state index >= 15 is 0 Å². The van der Waals surface area contributed by atoms with E-state index in [0.29, 0.717) is 0 Å². The van der Waals surface area contributed by atoms with E-state index in [0.717, 1.165) is 11.3 Å². The van der Waals surface area contributed by atoms with Crippen molar-refractivity contribution in [2.45, 2.75) is 46.4 Å². The fraction of sp³-hybridized carbons (Fsp3) is 0.700. The molecule has 0 saturated carbocycles. The molecule has 0 aliphatic carbocycles. The molecule has 4 heteroatoms. The summed E-state index contributed by atoms with van der Waals surface area (Å²) in [4.78, 5) is 13.3. The third kappa shape index (κ3) is 1.75. The fourth-order valence-electron chi connectivity index (χ4n) is 1.62. The van der Waals surface area contributed by atoms with Crippen molar-refractivity contribution < 1.29 is 9.90 Å². The van der Waals surface area contributed by atoms with Crippen LogP contribution < -0.4 is 5.32 Å². The summed E-state index contributed by atoms with van der Waals surface area (Å²) in [7, 11) is 0. The number of hydrogen-bond donors (Lipinski definition) is 2. The maximum Gasteiger partial charge on any atom is 0.324 e. The molecule has 4 nitrogen and oxygen atoms in total. The molecule has 1 aliphatic heterocycles. The molecule has 0 bridgehead atoms. The Kier molecular flexibility index (Phi) is 2.58. The number of aliphatic hydroxyl groups is 1. The van der Waals surface area contributed by atoms with Gasteiger partial charge in [-0.1, -0.05) is 0 Å². The number of nitrogens with zero attached hydrogens (tertiary/aromatic N) is 1. The maximum atomic E-state index is 11.6.